The molecule has 0 saturated carbocycles. The smallest absolute Gasteiger partial charge is 0.125 e. The van der Waals surface area contributed by atoms with Crippen molar-refractivity contribution in [1.82, 2.24) is 4.90 Å². The first-order valence-electron chi connectivity index (χ1n) is 7.93. The minimum Gasteiger partial charge on any atom is -0.353 e. The van der Waals surface area contributed by atoms with Crippen molar-refractivity contribution in [3.8, 4) is 0 Å². The Bertz CT molecular complexity index is 873. The quantitative estimate of drug-likeness (QED) is 0.797. The summed E-state index contributed by atoms with van der Waals surface area (Å²) < 4.78 is 13.7. The molecule has 2 aliphatic heterocycles. The molecule has 5 heteroatoms. The molecule has 0 saturated heterocycles. The normalized spacial score (nSPS) is 17.1. The lowest BCUT2D eigenvalue weighted by molar-refractivity contribution is 0.362. The van der Waals surface area contributed by atoms with Crippen LogP contribution in [0.4, 0.5) is 21.5 Å². The minimum absolute atomic E-state index is 0.292. The molecule has 2 aliphatic rings. The van der Waals surface area contributed by atoms with Gasteiger partial charge in [-0.1, -0.05) is 17.7 Å². The average Bonchev–Trinajstić information content (AvgIpc) is 2.72. The molecular weight excluding hydrogens is 325 g/mol. The predicted molar refractivity (Wildman–Crippen MR) is 97.5 cm³/mol. The Hall–Kier alpha value is -2.17. The van der Waals surface area contributed by atoms with Gasteiger partial charge in [0.2, 0.25) is 0 Å². The molecule has 122 valence electrons. The topological polar surface area (TPSA) is 27.6 Å². The van der Waals surface area contributed by atoms with Gasteiger partial charge in [0.1, 0.15) is 5.82 Å². The van der Waals surface area contributed by atoms with Gasteiger partial charge >= 0.3 is 0 Å². The van der Waals surface area contributed by atoms with Gasteiger partial charge in [-0.3, -0.25) is 0 Å². The molecule has 0 amide bonds. The van der Waals surface area contributed by atoms with Crippen LogP contribution in [0.15, 0.2) is 53.0 Å². The summed E-state index contributed by atoms with van der Waals surface area (Å²) in [5.74, 6) is -0.292. The molecule has 0 bridgehead atoms. The van der Waals surface area contributed by atoms with E-state index in [4.69, 9.17) is 16.6 Å². The molecule has 0 atom stereocenters. The number of hydrogen-bond donors (Lipinski definition) is 1. The van der Waals surface area contributed by atoms with E-state index < -0.39 is 0 Å². The largest absolute Gasteiger partial charge is 0.353 e. The lowest BCUT2D eigenvalue weighted by atomic mass is 9.96. The number of halogens is 2. The highest BCUT2D eigenvalue weighted by Gasteiger charge is 2.21. The summed E-state index contributed by atoms with van der Waals surface area (Å²) >= 11 is 6.22. The van der Waals surface area contributed by atoms with Crippen molar-refractivity contribution < 1.29 is 4.39 Å². The highest BCUT2D eigenvalue weighted by molar-refractivity contribution is 6.31. The van der Waals surface area contributed by atoms with Gasteiger partial charge in [0.05, 0.1) is 17.1 Å². The van der Waals surface area contributed by atoms with Gasteiger partial charge in [-0.05, 0) is 49.4 Å². The molecular formula is C19H17ClFN3. The Kier molecular flexibility index (Phi) is 3.87. The third-order valence-electron chi connectivity index (χ3n) is 4.41. The molecule has 2 heterocycles. The van der Waals surface area contributed by atoms with E-state index in [1.54, 1.807) is 6.07 Å². The van der Waals surface area contributed by atoms with Crippen LogP contribution in [0.3, 0.4) is 0 Å². The fourth-order valence-electron chi connectivity index (χ4n) is 3.08. The first-order chi connectivity index (χ1) is 11.6. The van der Waals surface area contributed by atoms with Crippen molar-refractivity contribution in [3.63, 3.8) is 0 Å². The molecule has 0 spiro atoms. The van der Waals surface area contributed by atoms with E-state index >= 15 is 0 Å². The molecule has 0 aromatic heterocycles. The van der Waals surface area contributed by atoms with Crippen LogP contribution >= 0.6 is 11.6 Å². The second-order valence-electron chi connectivity index (χ2n) is 6.18. The number of anilines is 2. The standard InChI is InChI=1S/C19H17ClFN3/c1-24-8-6-12(7-9-24)19-15-10-13(20)2-4-16(15)22-17-5-3-14(21)11-18(17)23-19/h2-6,10-11,22H,7-9H2,1H3. The molecule has 4 rings (SSSR count). The van der Waals surface area contributed by atoms with E-state index in [0.717, 1.165) is 42.2 Å². The van der Waals surface area contributed by atoms with Gasteiger partial charge in [0.15, 0.2) is 0 Å². The summed E-state index contributed by atoms with van der Waals surface area (Å²) in [7, 11) is 2.10. The fourth-order valence-corrected chi connectivity index (χ4v) is 3.25. The van der Waals surface area contributed by atoms with E-state index in [1.807, 2.05) is 18.2 Å². The molecule has 0 unspecified atom stereocenters. The zero-order chi connectivity index (χ0) is 16.7. The number of benzene rings is 2. The van der Waals surface area contributed by atoms with Crippen LogP contribution < -0.4 is 5.32 Å². The Morgan fingerprint density at radius 3 is 2.79 bits per heavy atom. The van der Waals surface area contributed by atoms with Gasteiger partial charge in [-0.2, -0.15) is 0 Å². The van der Waals surface area contributed by atoms with Crippen LogP contribution in [0, 0.1) is 5.82 Å². The molecule has 2 aromatic carbocycles. The number of rotatable bonds is 1. The van der Waals surface area contributed by atoms with Crippen molar-refractivity contribution >= 4 is 34.4 Å². The van der Waals surface area contributed by atoms with Gasteiger partial charge in [0.25, 0.3) is 0 Å². The molecule has 0 radical (unpaired) electrons. The summed E-state index contributed by atoms with van der Waals surface area (Å²) in [6, 6.07) is 10.3. The molecule has 3 nitrogen and oxygen atoms in total. The molecule has 1 N–H and O–H groups in total. The van der Waals surface area contributed by atoms with Crippen molar-refractivity contribution in [1.29, 1.82) is 0 Å². The predicted octanol–water partition coefficient (Wildman–Crippen LogP) is 4.92. The second-order valence-corrected chi connectivity index (χ2v) is 6.61. The third kappa shape index (κ3) is 2.83. The van der Waals surface area contributed by atoms with Gasteiger partial charge in [0, 0.05) is 35.4 Å². The lowest BCUT2D eigenvalue weighted by Gasteiger charge is -2.23. The van der Waals surface area contributed by atoms with E-state index in [-0.39, 0.29) is 5.82 Å². The Labute approximate surface area is 145 Å². The Morgan fingerprint density at radius 2 is 2.00 bits per heavy atom. The maximum atomic E-state index is 13.7. The number of hydrogen-bond acceptors (Lipinski definition) is 3. The van der Waals surface area contributed by atoms with E-state index in [2.05, 4.69) is 23.3 Å². The average molecular weight is 342 g/mol. The SMILES string of the molecule is CN1CC=C(C2=Nc3cc(F)ccc3Nc3ccc(Cl)cc32)CC1. The van der Waals surface area contributed by atoms with Crippen molar-refractivity contribution in [2.75, 3.05) is 25.5 Å². The zero-order valence-electron chi connectivity index (χ0n) is 13.3. The van der Waals surface area contributed by atoms with Crippen LogP contribution in [0.2, 0.25) is 5.02 Å². The van der Waals surface area contributed by atoms with E-state index in [1.165, 1.54) is 17.7 Å². The van der Waals surface area contributed by atoms with Crippen LogP contribution in [0.1, 0.15) is 12.0 Å². The minimum atomic E-state index is -0.292. The summed E-state index contributed by atoms with van der Waals surface area (Å²) in [5, 5.41) is 4.02. The van der Waals surface area contributed by atoms with Crippen LogP contribution in [-0.2, 0) is 0 Å². The fraction of sp³-hybridized carbons (Fsp3) is 0.211. The molecule has 0 fully saturated rings. The summed E-state index contributed by atoms with van der Waals surface area (Å²) in [6.45, 7) is 1.86. The number of aliphatic imine (C=N–C) groups is 1. The van der Waals surface area contributed by atoms with Crippen LogP contribution in [-0.4, -0.2) is 30.7 Å². The van der Waals surface area contributed by atoms with Gasteiger partial charge in [-0.25, -0.2) is 9.38 Å². The molecule has 2 aromatic rings. The Balaban J connectivity index is 1.92. The summed E-state index contributed by atoms with van der Waals surface area (Å²) in [5.41, 5.74) is 5.34. The monoisotopic (exact) mass is 341 g/mol. The maximum absolute atomic E-state index is 13.7. The Morgan fingerprint density at radius 1 is 1.17 bits per heavy atom. The second kappa shape index (κ2) is 6.04. The summed E-state index contributed by atoms with van der Waals surface area (Å²) in [4.78, 5) is 7.06. The van der Waals surface area contributed by atoms with Crippen molar-refractivity contribution in [3.05, 3.63) is 64.5 Å². The van der Waals surface area contributed by atoms with E-state index in [0.29, 0.717) is 10.7 Å². The van der Waals surface area contributed by atoms with Crippen molar-refractivity contribution in [2.24, 2.45) is 4.99 Å². The zero-order valence-corrected chi connectivity index (χ0v) is 14.1. The summed E-state index contributed by atoms with van der Waals surface area (Å²) in [6.07, 6.45) is 3.10. The number of nitrogens with one attached hydrogen (secondary N) is 1. The maximum Gasteiger partial charge on any atom is 0.125 e. The lowest BCUT2D eigenvalue weighted by Crippen LogP contribution is -2.26. The van der Waals surface area contributed by atoms with Gasteiger partial charge < -0.3 is 10.2 Å². The number of likely N-dealkylation sites (N-methyl/N-ethyl adjacent to an activating group) is 1. The first-order valence-corrected chi connectivity index (χ1v) is 8.31. The van der Waals surface area contributed by atoms with E-state index in [9.17, 15) is 4.39 Å². The third-order valence-corrected chi connectivity index (χ3v) is 4.65. The van der Waals surface area contributed by atoms with Crippen LogP contribution in [0.25, 0.3) is 0 Å². The van der Waals surface area contributed by atoms with Gasteiger partial charge in [-0.15, -0.1) is 0 Å². The number of fused-ring (bicyclic) bond motifs is 2. The molecule has 24 heavy (non-hydrogen) atoms. The highest BCUT2D eigenvalue weighted by atomic mass is 35.5. The first kappa shape index (κ1) is 15.4. The number of nitrogens with zero attached hydrogens (tertiary/aromatic N) is 2. The van der Waals surface area contributed by atoms with Crippen molar-refractivity contribution in [2.45, 2.75) is 6.42 Å². The van der Waals surface area contributed by atoms with Crippen LogP contribution in [0.5, 0.6) is 0 Å². The molecule has 0 aliphatic carbocycles. The highest BCUT2D eigenvalue weighted by Crippen LogP contribution is 2.37.